The first-order chi connectivity index (χ1) is 19.2. The summed E-state index contributed by atoms with van der Waals surface area (Å²) in [4.78, 5) is 18.4. The van der Waals surface area contributed by atoms with Crippen LogP contribution in [0.25, 0.3) is 11.0 Å². The molecule has 6 rings (SSSR count). The summed E-state index contributed by atoms with van der Waals surface area (Å²) in [5, 5.41) is 14.2. The van der Waals surface area contributed by atoms with Crippen LogP contribution in [0.2, 0.25) is 0 Å². The van der Waals surface area contributed by atoms with E-state index in [1.807, 2.05) is 22.8 Å². The van der Waals surface area contributed by atoms with Crippen molar-refractivity contribution < 1.29 is 27.8 Å². The molecule has 11 heteroatoms. The molecular weight excluding hydrogens is 523 g/mol. The van der Waals surface area contributed by atoms with E-state index in [9.17, 15) is 18.7 Å². The molecule has 1 saturated carbocycles. The molecular formula is C29H30F3N5O3. The molecule has 2 aromatic carbocycles. The number of imidazole rings is 1. The van der Waals surface area contributed by atoms with Crippen molar-refractivity contribution >= 4 is 22.7 Å². The Bertz CT molecular complexity index is 1540. The van der Waals surface area contributed by atoms with Crippen LogP contribution in [0.3, 0.4) is 0 Å². The van der Waals surface area contributed by atoms with Crippen molar-refractivity contribution in [2.45, 2.75) is 50.7 Å². The normalized spacial score (nSPS) is 20.4. The van der Waals surface area contributed by atoms with Crippen LogP contribution in [-0.4, -0.2) is 49.4 Å². The molecule has 1 aliphatic heterocycles. The van der Waals surface area contributed by atoms with Crippen molar-refractivity contribution in [2.75, 3.05) is 18.0 Å². The summed E-state index contributed by atoms with van der Waals surface area (Å²) in [6, 6.07) is 12.1. The number of fused-ring (bicyclic) bond motifs is 1. The number of hydrogen-bond acceptors (Lipinski definition) is 5. The monoisotopic (exact) mass is 553 g/mol. The second kappa shape index (κ2) is 10.2. The number of halogens is 3. The summed E-state index contributed by atoms with van der Waals surface area (Å²) in [5.74, 6) is -4.21. The van der Waals surface area contributed by atoms with Crippen LogP contribution < -0.4 is 9.64 Å². The standard InChI is InChI=1S/C29H30F3N5O3/c1-35-11-10-19(34-35)15-40-21-12-24(30)26-25(13-21)37(27(33-26)22-4-2-3-5-23(22)28(38)39)14-18-6-8-20(9-7-18)36-16-29(31,32)17-36/h6-13,22-23H,2-5,14-17H2,1H3,(H,38,39)/t22-,23+/m1/s1. The average molecular weight is 554 g/mol. The zero-order chi connectivity index (χ0) is 28.0. The molecule has 210 valence electrons. The minimum absolute atomic E-state index is 0.160. The van der Waals surface area contributed by atoms with E-state index in [0.29, 0.717) is 47.9 Å². The zero-order valence-electron chi connectivity index (χ0n) is 22.1. The molecule has 2 aliphatic rings. The highest BCUT2D eigenvalue weighted by molar-refractivity contribution is 5.79. The summed E-state index contributed by atoms with van der Waals surface area (Å²) >= 11 is 0. The number of alkyl halides is 2. The van der Waals surface area contributed by atoms with Gasteiger partial charge in [-0.25, -0.2) is 18.2 Å². The molecule has 1 aliphatic carbocycles. The molecule has 0 spiro atoms. The number of rotatable bonds is 8. The Morgan fingerprint density at radius 3 is 2.55 bits per heavy atom. The molecule has 0 bridgehead atoms. The Balaban J connectivity index is 1.36. The Morgan fingerprint density at radius 1 is 1.12 bits per heavy atom. The van der Waals surface area contributed by atoms with Gasteiger partial charge in [-0.05, 0) is 36.6 Å². The largest absolute Gasteiger partial charge is 0.487 e. The van der Waals surface area contributed by atoms with Gasteiger partial charge in [-0.1, -0.05) is 25.0 Å². The van der Waals surface area contributed by atoms with Crippen LogP contribution in [0.1, 0.15) is 48.7 Å². The quantitative estimate of drug-likeness (QED) is 0.317. The fourth-order valence-electron chi connectivity index (χ4n) is 5.83. The predicted molar refractivity (Wildman–Crippen MR) is 142 cm³/mol. The van der Waals surface area contributed by atoms with E-state index < -0.39 is 23.6 Å². The SMILES string of the molecule is Cn1ccc(COc2cc(F)c3nc([C@@H]4CCCC[C@@H]4C(=O)O)n(Cc4ccc(N5CC(F)(F)C5)cc4)c3c2)n1. The van der Waals surface area contributed by atoms with Crippen LogP contribution >= 0.6 is 0 Å². The summed E-state index contributed by atoms with van der Waals surface area (Å²) in [6.07, 6.45) is 4.68. The lowest BCUT2D eigenvalue weighted by molar-refractivity contribution is -0.143. The van der Waals surface area contributed by atoms with Gasteiger partial charge in [0.15, 0.2) is 5.82 Å². The van der Waals surface area contributed by atoms with E-state index in [4.69, 9.17) is 4.74 Å². The predicted octanol–water partition coefficient (Wildman–Crippen LogP) is 5.35. The van der Waals surface area contributed by atoms with E-state index in [1.165, 1.54) is 6.07 Å². The van der Waals surface area contributed by atoms with Crippen molar-refractivity contribution in [1.82, 2.24) is 19.3 Å². The van der Waals surface area contributed by atoms with E-state index in [2.05, 4.69) is 10.1 Å². The van der Waals surface area contributed by atoms with E-state index in [-0.39, 0.29) is 31.1 Å². The maximum atomic E-state index is 15.4. The number of hydrogen-bond donors (Lipinski definition) is 1. The van der Waals surface area contributed by atoms with Crippen molar-refractivity contribution in [3.8, 4) is 5.75 Å². The van der Waals surface area contributed by atoms with Gasteiger partial charge in [0, 0.05) is 43.5 Å². The topological polar surface area (TPSA) is 85.4 Å². The molecule has 2 atom stereocenters. The maximum Gasteiger partial charge on any atom is 0.307 e. The highest BCUT2D eigenvalue weighted by atomic mass is 19.3. The maximum absolute atomic E-state index is 15.4. The van der Waals surface area contributed by atoms with Gasteiger partial charge in [-0.3, -0.25) is 9.48 Å². The van der Waals surface area contributed by atoms with Gasteiger partial charge < -0.3 is 19.3 Å². The van der Waals surface area contributed by atoms with E-state index >= 15 is 4.39 Å². The van der Waals surface area contributed by atoms with Gasteiger partial charge in [0.05, 0.1) is 30.2 Å². The second-order valence-electron chi connectivity index (χ2n) is 10.8. The first kappa shape index (κ1) is 26.2. The molecule has 40 heavy (non-hydrogen) atoms. The number of anilines is 1. The fourth-order valence-corrected chi connectivity index (χ4v) is 5.83. The van der Waals surface area contributed by atoms with Gasteiger partial charge in [0.1, 0.15) is 23.7 Å². The molecule has 4 aromatic rings. The van der Waals surface area contributed by atoms with Crippen LogP contribution in [0, 0.1) is 11.7 Å². The molecule has 1 N–H and O–H groups in total. The summed E-state index contributed by atoms with van der Waals surface area (Å²) < 4.78 is 51.5. The highest BCUT2D eigenvalue weighted by Crippen LogP contribution is 2.40. The van der Waals surface area contributed by atoms with Gasteiger partial charge in [-0.15, -0.1) is 0 Å². The Labute approximate surface area is 229 Å². The van der Waals surface area contributed by atoms with Gasteiger partial charge in [-0.2, -0.15) is 5.10 Å². The Morgan fingerprint density at radius 2 is 1.88 bits per heavy atom. The molecule has 3 heterocycles. The van der Waals surface area contributed by atoms with Gasteiger partial charge in [0.25, 0.3) is 5.92 Å². The number of aryl methyl sites for hydroxylation is 1. The molecule has 1 saturated heterocycles. The molecule has 2 aromatic heterocycles. The van der Waals surface area contributed by atoms with Crippen molar-refractivity contribution in [1.29, 1.82) is 0 Å². The summed E-state index contributed by atoms with van der Waals surface area (Å²) in [7, 11) is 1.80. The number of nitrogens with zero attached hydrogens (tertiary/aromatic N) is 5. The van der Waals surface area contributed by atoms with Gasteiger partial charge in [0.2, 0.25) is 0 Å². The van der Waals surface area contributed by atoms with Gasteiger partial charge >= 0.3 is 5.97 Å². The number of benzene rings is 2. The third-order valence-corrected chi connectivity index (χ3v) is 7.87. The number of carbonyl (C=O) groups is 1. The van der Waals surface area contributed by atoms with E-state index in [0.717, 1.165) is 18.4 Å². The summed E-state index contributed by atoms with van der Waals surface area (Å²) in [5.41, 5.74) is 2.93. The average Bonchev–Trinajstić information content (AvgIpc) is 3.50. The molecule has 0 amide bonds. The molecule has 0 unspecified atom stereocenters. The van der Waals surface area contributed by atoms with Crippen LogP contribution in [0.15, 0.2) is 48.7 Å². The number of carboxylic acid groups (broad SMARTS) is 1. The fraction of sp³-hybridized carbons (Fsp3) is 0.414. The van der Waals surface area contributed by atoms with Crippen molar-refractivity contribution in [3.63, 3.8) is 0 Å². The number of aliphatic carboxylic acids is 1. The first-order valence-corrected chi connectivity index (χ1v) is 13.4. The van der Waals surface area contributed by atoms with Crippen LogP contribution in [-0.2, 0) is 25.0 Å². The lowest BCUT2D eigenvalue weighted by Crippen LogP contribution is -2.56. The smallest absolute Gasteiger partial charge is 0.307 e. The third-order valence-electron chi connectivity index (χ3n) is 7.87. The lowest BCUT2D eigenvalue weighted by atomic mass is 9.78. The Kier molecular flexibility index (Phi) is 6.67. The second-order valence-corrected chi connectivity index (χ2v) is 10.8. The molecule has 2 fully saturated rings. The summed E-state index contributed by atoms with van der Waals surface area (Å²) in [6.45, 7) is -0.134. The molecule has 0 radical (unpaired) electrons. The molecule has 8 nitrogen and oxygen atoms in total. The van der Waals surface area contributed by atoms with Crippen molar-refractivity contribution in [2.24, 2.45) is 13.0 Å². The third kappa shape index (κ3) is 5.12. The highest BCUT2D eigenvalue weighted by Gasteiger charge is 2.43. The number of ether oxygens (including phenoxy) is 1. The minimum atomic E-state index is -2.66. The number of aromatic nitrogens is 4. The minimum Gasteiger partial charge on any atom is -0.487 e. The lowest BCUT2D eigenvalue weighted by Gasteiger charge is -2.40. The van der Waals surface area contributed by atoms with Crippen LogP contribution in [0.5, 0.6) is 5.75 Å². The van der Waals surface area contributed by atoms with Crippen molar-refractivity contribution in [3.05, 3.63) is 71.6 Å². The Hall–Kier alpha value is -4.02. The first-order valence-electron chi connectivity index (χ1n) is 13.4. The van der Waals surface area contributed by atoms with Crippen LogP contribution in [0.4, 0.5) is 18.9 Å². The zero-order valence-corrected chi connectivity index (χ0v) is 22.1. The van der Waals surface area contributed by atoms with E-state index in [1.54, 1.807) is 41.0 Å². The number of carboxylic acids is 1.